The molecule has 0 N–H and O–H groups in total. The molecule has 4 heteroatoms. The quantitative estimate of drug-likeness (QED) is 0.744. The second-order valence-electron chi connectivity index (χ2n) is 7.44. The van der Waals surface area contributed by atoms with E-state index in [2.05, 4.69) is 33.7 Å². The van der Waals surface area contributed by atoms with Crippen LogP contribution in [-0.2, 0) is 0 Å². The predicted octanol–water partition coefficient (Wildman–Crippen LogP) is 0.507. The van der Waals surface area contributed by atoms with Crippen molar-refractivity contribution in [1.29, 1.82) is 0 Å². The molecule has 0 aromatic carbocycles. The zero-order valence-electron chi connectivity index (χ0n) is 13.4. The summed E-state index contributed by atoms with van der Waals surface area (Å²) in [5, 5.41) is 0. The highest BCUT2D eigenvalue weighted by Gasteiger charge is 2.28. The Morgan fingerprint density at radius 1 is 0.650 bits per heavy atom. The molecule has 0 aromatic rings. The van der Waals surface area contributed by atoms with Crippen LogP contribution in [0.25, 0.3) is 0 Å². The minimum Gasteiger partial charge on any atom is -0.306 e. The second-order valence-corrected chi connectivity index (χ2v) is 7.44. The van der Waals surface area contributed by atoms with Crippen molar-refractivity contribution < 1.29 is 0 Å². The zero-order chi connectivity index (χ0) is 13.9. The number of likely N-dealkylation sites (N-methyl/N-ethyl adjacent to an activating group) is 1. The van der Waals surface area contributed by atoms with Gasteiger partial charge in [0, 0.05) is 52.4 Å². The van der Waals surface area contributed by atoms with Crippen LogP contribution in [0.2, 0.25) is 0 Å². The van der Waals surface area contributed by atoms with E-state index in [1.807, 2.05) is 0 Å². The first-order chi connectivity index (χ1) is 9.69. The van der Waals surface area contributed by atoms with Gasteiger partial charge in [0.15, 0.2) is 0 Å². The molecule has 0 aliphatic carbocycles. The summed E-state index contributed by atoms with van der Waals surface area (Å²) in [6, 6.07) is 0. The Bertz CT molecular complexity index is 287. The summed E-state index contributed by atoms with van der Waals surface area (Å²) < 4.78 is 0. The molecule has 0 spiro atoms. The Morgan fingerprint density at radius 2 is 1.20 bits per heavy atom. The van der Waals surface area contributed by atoms with Gasteiger partial charge in [-0.3, -0.25) is 0 Å². The van der Waals surface area contributed by atoms with Crippen molar-refractivity contribution in [3.63, 3.8) is 0 Å². The highest BCUT2D eigenvalue weighted by Crippen LogP contribution is 2.22. The van der Waals surface area contributed by atoms with E-state index in [1.165, 1.54) is 78.3 Å². The van der Waals surface area contributed by atoms with Gasteiger partial charge in [-0.1, -0.05) is 0 Å². The Kier molecular flexibility index (Phi) is 4.97. The van der Waals surface area contributed by atoms with E-state index in [9.17, 15) is 0 Å². The number of hydrogen-bond acceptors (Lipinski definition) is 4. The number of likely N-dealkylation sites (tertiary alicyclic amines) is 2. The number of piperidine rings is 1. The van der Waals surface area contributed by atoms with Crippen molar-refractivity contribution in [3.05, 3.63) is 0 Å². The van der Waals surface area contributed by atoms with Gasteiger partial charge in [-0.15, -0.1) is 0 Å². The maximum Gasteiger partial charge on any atom is 0.0110 e. The van der Waals surface area contributed by atoms with Crippen LogP contribution in [-0.4, -0.2) is 99.1 Å². The lowest BCUT2D eigenvalue weighted by molar-refractivity contribution is 0.0634. The second kappa shape index (κ2) is 6.73. The van der Waals surface area contributed by atoms with E-state index in [0.29, 0.717) is 0 Å². The molecular formula is C16H32N4. The van der Waals surface area contributed by atoms with Crippen molar-refractivity contribution in [1.82, 2.24) is 19.6 Å². The third-order valence-electron chi connectivity index (χ3n) is 5.48. The fourth-order valence-electron chi connectivity index (χ4n) is 4.06. The molecule has 0 saturated carbocycles. The van der Waals surface area contributed by atoms with Crippen molar-refractivity contribution >= 4 is 0 Å². The van der Waals surface area contributed by atoms with Gasteiger partial charge in [-0.25, -0.2) is 0 Å². The van der Waals surface area contributed by atoms with Crippen LogP contribution in [0.15, 0.2) is 0 Å². The van der Waals surface area contributed by atoms with E-state index < -0.39 is 0 Å². The first-order valence-electron chi connectivity index (χ1n) is 8.51. The Balaban J connectivity index is 1.32. The van der Waals surface area contributed by atoms with Crippen LogP contribution in [0.5, 0.6) is 0 Å². The Hall–Kier alpha value is -0.160. The SMILES string of the molecule is CN1CCN(CC2CCN(CC3CN(C)C3)CC2)CC1. The molecule has 3 aliphatic heterocycles. The van der Waals surface area contributed by atoms with Crippen molar-refractivity contribution in [2.45, 2.75) is 12.8 Å². The molecule has 116 valence electrons. The highest BCUT2D eigenvalue weighted by atomic mass is 15.2. The lowest BCUT2D eigenvalue weighted by Gasteiger charge is -2.42. The third kappa shape index (κ3) is 3.94. The molecule has 3 fully saturated rings. The molecule has 3 aliphatic rings. The molecule has 0 unspecified atom stereocenters. The number of piperazine rings is 1. The molecule has 3 rings (SSSR count). The summed E-state index contributed by atoms with van der Waals surface area (Å²) >= 11 is 0. The molecule has 0 amide bonds. The summed E-state index contributed by atoms with van der Waals surface area (Å²) in [6.45, 7) is 13.1. The Labute approximate surface area is 124 Å². The maximum absolute atomic E-state index is 2.72. The summed E-state index contributed by atoms with van der Waals surface area (Å²) in [6.07, 6.45) is 2.85. The van der Waals surface area contributed by atoms with E-state index >= 15 is 0 Å². The molecule has 0 aromatic heterocycles. The highest BCUT2D eigenvalue weighted by molar-refractivity contribution is 4.83. The first kappa shape index (κ1) is 14.8. The standard InChI is InChI=1S/C16H32N4/c1-17-7-9-20(10-8-17)13-15-3-5-19(6-4-15)14-16-11-18(2)12-16/h15-16H,3-14H2,1-2H3. The van der Waals surface area contributed by atoms with Crippen LogP contribution < -0.4 is 0 Å². The molecular weight excluding hydrogens is 248 g/mol. The lowest BCUT2D eigenvalue weighted by Crippen LogP contribution is -2.51. The molecule has 3 heterocycles. The smallest absolute Gasteiger partial charge is 0.0110 e. The van der Waals surface area contributed by atoms with Gasteiger partial charge < -0.3 is 19.6 Å². The minimum absolute atomic E-state index is 0.953. The molecule has 4 nitrogen and oxygen atoms in total. The third-order valence-corrected chi connectivity index (χ3v) is 5.48. The van der Waals surface area contributed by atoms with Gasteiger partial charge in [0.1, 0.15) is 0 Å². The van der Waals surface area contributed by atoms with Crippen molar-refractivity contribution in [2.75, 3.05) is 79.5 Å². The summed E-state index contributed by atoms with van der Waals surface area (Å²) in [5.74, 6) is 1.91. The fraction of sp³-hybridized carbons (Fsp3) is 1.00. The average molecular weight is 280 g/mol. The largest absolute Gasteiger partial charge is 0.306 e. The van der Waals surface area contributed by atoms with Gasteiger partial charge in [0.25, 0.3) is 0 Å². The lowest BCUT2D eigenvalue weighted by atomic mass is 9.93. The topological polar surface area (TPSA) is 13.0 Å². The predicted molar refractivity (Wildman–Crippen MR) is 84.1 cm³/mol. The van der Waals surface area contributed by atoms with E-state index in [-0.39, 0.29) is 0 Å². The first-order valence-corrected chi connectivity index (χ1v) is 8.51. The van der Waals surface area contributed by atoms with E-state index in [0.717, 1.165) is 11.8 Å². The van der Waals surface area contributed by atoms with Crippen molar-refractivity contribution in [3.8, 4) is 0 Å². The van der Waals surface area contributed by atoms with Crippen LogP contribution >= 0.6 is 0 Å². The van der Waals surface area contributed by atoms with E-state index in [1.54, 1.807) is 0 Å². The van der Waals surface area contributed by atoms with Crippen LogP contribution in [0.4, 0.5) is 0 Å². The number of nitrogens with zero attached hydrogens (tertiary/aromatic N) is 4. The molecule has 3 saturated heterocycles. The number of rotatable bonds is 4. The normalized spacial score (nSPS) is 29.7. The van der Waals surface area contributed by atoms with Gasteiger partial charge in [0.05, 0.1) is 0 Å². The van der Waals surface area contributed by atoms with Crippen LogP contribution in [0.3, 0.4) is 0 Å². The fourth-order valence-corrected chi connectivity index (χ4v) is 4.06. The monoisotopic (exact) mass is 280 g/mol. The minimum atomic E-state index is 0.953. The average Bonchev–Trinajstić information content (AvgIpc) is 2.42. The maximum atomic E-state index is 2.72. The summed E-state index contributed by atoms with van der Waals surface area (Å²) in [4.78, 5) is 10.3. The van der Waals surface area contributed by atoms with Gasteiger partial charge in [-0.2, -0.15) is 0 Å². The summed E-state index contributed by atoms with van der Waals surface area (Å²) in [5.41, 5.74) is 0. The molecule has 0 bridgehead atoms. The molecule has 0 radical (unpaired) electrons. The summed E-state index contributed by atoms with van der Waals surface area (Å²) in [7, 11) is 4.48. The zero-order valence-corrected chi connectivity index (χ0v) is 13.4. The van der Waals surface area contributed by atoms with Crippen LogP contribution in [0.1, 0.15) is 12.8 Å². The van der Waals surface area contributed by atoms with Gasteiger partial charge in [0.2, 0.25) is 0 Å². The molecule has 0 atom stereocenters. The molecule has 20 heavy (non-hydrogen) atoms. The van der Waals surface area contributed by atoms with E-state index in [4.69, 9.17) is 0 Å². The van der Waals surface area contributed by atoms with Gasteiger partial charge >= 0.3 is 0 Å². The van der Waals surface area contributed by atoms with Crippen molar-refractivity contribution in [2.24, 2.45) is 11.8 Å². The Morgan fingerprint density at radius 3 is 1.80 bits per heavy atom. The number of hydrogen-bond donors (Lipinski definition) is 0. The van der Waals surface area contributed by atoms with Gasteiger partial charge in [-0.05, 0) is 51.9 Å². The van der Waals surface area contributed by atoms with Crippen LogP contribution in [0, 0.1) is 11.8 Å².